The van der Waals surface area contributed by atoms with Crippen molar-refractivity contribution in [2.24, 2.45) is 0 Å². The number of ether oxygens (including phenoxy) is 1. The van der Waals surface area contributed by atoms with E-state index in [-0.39, 0.29) is 5.91 Å². The lowest BCUT2D eigenvalue weighted by atomic mass is 9.72. The van der Waals surface area contributed by atoms with E-state index < -0.39 is 19.3 Å². The van der Waals surface area contributed by atoms with Crippen molar-refractivity contribution in [2.75, 3.05) is 6.61 Å². The Balaban J connectivity index is 2.13. The summed E-state index contributed by atoms with van der Waals surface area (Å²) < 4.78 is 11.0. The van der Waals surface area contributed by atoms with E-state index >= 15 is 0 Å². The molecule has 2 atom stereocenters. The van der Waals surface area contributed by atoms with Crippen LogP contribution in [-0.4, -0.2) is 35.7 Å². The van der Waals surface area contributed by atoms with Gasteiger partial charge in [-0.05, 0) is 18.4 Å². The molecule has 0 aromatic heterocycles. The zero-order chi connectivity index (χ0) is 16.8. The first kappa shape index (κ1) is 17.8. The molecule has 0 fully saturated rings. The molecule has 1 aromatic carbocycles. The van der Waals surface area contributed by atoms with Crippen LogP contribution in [-0.2, 0) is 16.0 Å². The number of para-hydroxylation sites is 1. The molecule has 1 heterocycles. The molecule has 1 amide bonds. The molecule has 0 spiro atoms. The minimum Gasteiger partial charge on any atom is -0.534 e. The number of rotatable bonds is 7. The van der Waals surface area contributed by atoms with Crippen LogP contribution in [0.4, 0.5) is 0 Å². The Hall–Kier alpha value is -1.57. The van der Waals surface area contributed by atoms with E-state index in [0.717, 1.165) is 18.4 Å². The van der Waals surface area contributed by atoms with Crippen molar-refractivity contribution in [2.45, 2.75) is 51.8 Å². The number of hydrogen-bond donors (Lipinski definition) is 3. The average Bonchev–Trinajstić information content (AvgIpc) is 2.55. The minimum atomic E-state index is -1.15. The Morgan fingerprint density at radius 3 is 3.00 bits per heavy atom. The van der Waals surface area contributed by atoms with Gasteiger partial charge in [0, 0.05) is 12.0 Å². The van der Waals surface area contributed by atoms with E-state index in [1.807, 2.05) is 13.0 Å². The van der Waals surface area contributed by atoms with Gasteiger partial charge in [-0.25, -0.2) is 0 Å². The summed E-state index contributed by atoms with van der Waals surface area (Å²) in [5.41, 5.74) is 1.32. The molecule has 1 unspecified atom stereocenters. The van der Waals surface area contributed by atoms with Gasteiger partial charge in [0.05, 0.1) is 12.5 Å². The van der Waals surface area contributed by atoms with E-state index in [1.165, 1.54) is 0 Å². The van der Waals surface area contributed by atoms with Crippen LogP contribution in [0.1, 0.15) is 50.5 Å². The number of aliphatic hydroxyl groups is 1. The van der Waals surface area contributed by atoms with Crippen molar-refractivity contribution in [3.8, 4) is 5.75 Å². The van der Waals surface area contributed by atoms with Gasteiger partial charge in [0.1, 0.15) is 5.75 Å². The lowest BCUT2D eigenvalue weighted by Crippen LogP contribution is -2.53. The zero-order valence-electron chi connectivity index (χ0n) is 13.6. The highest BCUT2D eigenvalue weighted by molar-refractivity contribution is 6.46. The lowest BCUT2D eigenvalue weighted by molar-refractivity contribution is -0.121. The second-order valence-electron chi connectivity index (χ2n) is 5.65. The zero-order valence-corrected chi connectivity index (χ0v) is 13.6. The van der Waals surface area contributed by atoms with Crippen LogP contribution < -0.4 is 9.97 Å². The van der Waals surface area contributed by atoms with Crippen LogP contribution in [0.3, 0.4) is 0 Å². The highest BCUT2D eigenvalue weighted by Gasteiger charge is 2.37. The van der Waals surface area contributed by atoms with E-state index in [4.69, 9.17) is 9.39 Å². The van der Waals surface area contributed by atoms with Crippen molar-refractivity contribution >= 4 is 13.0 Å². The van der Waals surface area contributed by atoms with Gasteiger partial charge in [0.2, 0.25) is 5.91 Å². The van der Waals surface area contributed by atoms with Crippen LogP contribution in [0.2, 0.25) is 0 Å². The Bertz CT molecular complexity index is 539. The predicted octanol–water partition coefficient (Wildman–Crippen LogP) is 1.34. The summed E-state index contributed by atoms with van der Waals surface area (Å²) in [6.45, 7) is 4.25. The smallest absolute Gasteiger partial charge is 0.534 e. The first-order chi connectivity index (χ1) is 11.1. The summed E-state index contributed by atoms with van der Waals surface area (Å²) in [7, 11) is -1.15. The number of aliphatic hydroxyl groups excluding tert-OH is 1. The number of hydrogen-bond acceptors (Lipinski definition) is 5. The summed E-state index contributed by atoms with van der Waals surface area (Å²) in [6.07, 6.45) is 1.54. The maximum Gasteiger partial charge on any atom is 0.547 e. The van der Waals surface area contributed by atoms with E-state index in [1.54, 1.807) is 19.1 Å². The minimum absolute atomic E-state index is 0.139. The van der Waals surface area contributed by atoms with E-state index in [9.17, 15) is 14.9 Å². The van der Waals surface area contributed by atoms with Crippen LogP contribution in [0.25, 0.3) is 0 Å². The Kier molecular flexibility index (Phi) is 6.44. The number of unbranched alkanes of at least 4 members (excludes halogenated alkanes) is 1. The molecule has 0 saturated carbocycles. The topological polar surface area (TPSA) is 88.0 Å². The molecule has 0 aliphatic carbocycles. The quantitative estimate of drug-likeness (QED) is 0.401. The first-order valence-electron chi connectivity index (χ1n) is 8.12. The highest BCUT2D eigenvalue weighted by atomic mass is 16.6. The summed E-state index contributed by atoms with van der Waals surface area (Å²) >= 11 is 0. The summed E-state index contributed by atoms with van der Waals surface area (Å²) in [5, 5.41) is 23.0. The molecular weight excluding hydrogens is 297 g/mol. The van der Waals surface area contributed by atoms with Gasteiger partial charge in [-0.1, -0.05) is 38.5 Å². The molecule has 23 heavy (non-hydrogen) atoms. The molecule has 3 N–H and O–H groups in total. The highest BCUT2D eigenvalue weighted by Crippen LogP contribution is 2.34. The monoisotopic (exact) mass is 321 g/mol. The fourth-order valence-corrected chi connectivity index (χ4v) is 2.50. The number of fused-ring (bicyclic) bond motifs is 1. The van der Waals surface area contributed by atoms with Gasteiger partial charge >= 0.3 is 7.12 Å². The fraction of sp³-hybridized carbons (Fsp3) is 0.562. The second-order valence-corrected chi connectivity index (χ2v) is 5.65. The largest absolute Gasteiger partial charge is 0.547 e. The molecule has 0 radical (unpaired) electrons. The number of carbonyl (C=O) groups is 1. The van der Waals surface area contributed by atoms with Crippen molar-refractivity contribution in [3.05, 3.63) is 29.3 Å². The van der Waals surface area contributed by atoms with Gasteiger partial charge in [0.15, 0.2) is 6.29 Å². The summed E-state index contributed by atoms with van der Waals surface area (Å²) in [5.74, 6) is -0.200. The van der Waals surface area contributed by atoms with E-state index in [2.05, 4.69) is 5.32 Å². The van der Waals surface area contributed by atoms with Crippen molar-refractivity contribution in [1.82, 2.24) is 5.32 Å². The Morgan fingerprint density at radius 1 is 1.52 bits per heavy atom. The molecule has 1 aromatic rings. The van der Waals surface area contributed by atoms with Gasteiger partial charge < -0.3 is 24.8 Å². The summed E-state index contributed by atoms with van der Waals surface area (Å²) in [6, 6.07) is 5.38. The third-order valence-electron chi connectivity index (χ3n) is 3.86. The van der Waals surface area contributed by atoms with Crippen LogP contribution in [0, 0.1) is 0 Å². The molecule has 2 rings (SSSR count). The summed E-state index contributed by atoms with van der Waals surface area (Å²) in [4.78, 5) is 11.5. The normalized spacial score (nSPS) is 18.1. The van der Waals surface area contributed by atoms with Crippen LogP contribution in [0.15, 0.2) is 18.2 Å². The number of benzene rings is 1. The molecule has 7 heteroatoms. The fourth-order valence-electron chi connectivity index (χ4n) is 2.50. The number of amides is 1. The standard InChI is InChI=1S/C16H24BNO5/c1-3-5-9-22-16(20)12-8-6-7-11-10-13(18-14(19)4-2)17(21)23-15(11)12/h6-8,13,16,20-21H,3-5,9-10H2,1-2H3,(H,18,19)/t13-,16?/m0/s1. The lowest BCUT2D eigenvalue weighted by Gasteiger charge is -2.30. The first-order valence-corrected chi connectivity index (χ1v) is 8.12. The molecule has 6 nitrogen and oxygen atoms in total. The van der Waals surface area contributed by atoms with Crippen molar-refractivity contribution in [3.63, 3.8) is 0 Å². The van der Waals surface area contributed by atoms with E-state index in [0.29, 0.717) is 30.8 Å². The molecular formula is C16H24BNO5. The third kappa shape index (κ3) is 4.47. The molecule has 0 saturated heterocycles. The third-order valence-corrected chi connectivity index (χ3v) is 3.86. The van der Waals surface area contributed by atoms with Gasteiger partial charge in [-0.3, -0.25) is 4.79 Å². The maximum absolute atomic E-state index is 11.5. The van der Waals surface area contributed by atoms with Gasteiger partial charge in [-0.2, -0.15) is 0 Å². The van der Waals surface area contributed by atoms with Gasteiger partial charge in [-0.15, -0.1) is 0 Å². The number of nitrogens with one attached hydrogen (secondary N) is 1. The Labute approximate surface area is 136 Å². The van der Waals surface area contributed by atoms with Crippen LogP contribution >= 0.6 is 0 Å². The van der Waals surface area contributed by atoms with Crippen LogP contribution in [0.5, 0.6) is 5.75 Å². The number of carbonyl (C=O) groups excluding carboxylic acids is 1. The van der Waals surface area contributed by atoms with Crippen molar-refractivity contribution in [1.29, 1.82) is 0 Å². The molecule has 1 aliphatic heterocycles. The molecule has 1 aliphatic rings. The average molecular weight is 321 g/mol. The van der Waals surface area contributed by atoms with Crippen molar-refractivity contribution < 1.29 is 24.3 Å². The Morgan fingerprint density at radius 2 is 2.30 bits per heavy atom. The second kappa shape index (κ2) is 8.33. The molecule has 0 bridgehead atoms. The van der Waals surface area contributed by atoms with Gasteiger partial charge in [0.25, 0.3) is 0 Å². The molecule has 126 valence electrons. The SMILES string of the molecule is CCCCOC(O)c1cccc2c1OB(O)[C@@H](NC(=O)CC)C2. The predicted molar refractivity (Wildman–Crippen MR) is 86.8 cm³/mol. The maximum atomic E-state index is 11.5.